The third-order valence-electron chi connectivity index (χ3n) is 7.48. The Hall–Kier alpha value is -3.47. The topological polar surface area (TPSA) is 240 Å². The zero-order chi connectivity index (χ0) is 29.9. The highest BCUT2D eigenvalue weighted by Crippen LogP contribution is 2.46. The van der Waals surface area contributed by atoms with Gasteiger partial charge in [-0.1, -0.05) is 0 Å². The van der Waals surface area contributed by atoms with Crippen LogP contribution in [0, 0.1) is 0 Å². The molecule has 14 heteroatoms. The Kier molecular flexibility index (Phi) is 7.61. The fourth-order valence-corrected chi connectivity index (χ4v) is 5.11. The second kappa shape index (κ2) is 10.7. The Morgan fingerprint density at radius 2 is 1.39 bits per heavy atom. The Balaban J connectivity index is 1.58. The van der Waals surface area contributed by atoms with Gasteiger partial charge in [0.05, 0.1) is 17.8 Å². The maximum absolute atomic E-state index is 13.1. The van der Waals surface area contributed by atoms with Crippen molar-refractivity contribution in [2.45, 2.75) is 75.1 Å². The number of aliphatic hydroxyl groups is 5. The third-order valence-corrected chi connectivity index (χ3v) is 7.48. The maximum Gasteiger partial charge on any atom is 0.197 e. The van der Waals surface area contributed by atoms with E-state index in [1.807, 2.05) is 0 Å². The van der Waals surface area contributed by atoms with Crippen LogP contribution >= 0.6 is 0 Å². The normalized spacial score (nSPS) is 34.1. The summed E-state index contributed by atoms with van der Waals surface area (Å²) in [5.41, 5.74) is -1.20. The summed E-state index contributed by atoms with van der Waals surface area (Å²) in [6.07, 6.45) is -15.0. The van der Waals surface area contributed by atoms with Crippen molar-refractivity contribution in [3.63, 3.8) is 0 Å². The van der Waals surface area contributed by atoms with Crippen LogP contribution in [-0.2, 0) is 14.2 Å². The highest BCUT2D eigenvalue weighted by molar-refractivity contribution is 5.88. The Labute approximate surface area is 231 Å². The summed E-state index contributed by atoms with van der Waals surface area (Å²) in [4.78, 5) is 13.1. The van der Waals surface area contributed by atoms with E-state index < -0.39 is 95.2 Å². The molecule has 3 aromatic rings. The van der Waals surface area contributed by atoms with Gasteiger partial charge in [0.15, 0.2) is 23.2 Å². The van der Waals surface area contributed by atoms with Gasteiger partial charge in [-0.25, -0.2) is 0 Å². The Morgan fingerprint density at radius 1 is 0.732 bits per heavy atom. The van der Waals surface area contributed by atoms with Crippen molar-refractivity contribution in [2.24, 2.45) is 0 Å². The summed E-state index contributed by atoms with van der Waals surface area (Å²) < 4.78 is 22.7. The first kappa shape index (κ1) is 29.0. The first-order chi connectivity index (χ1) is 19.3. The fraction of sp³-hybridized carbons (Fsp3) is 0.444. The quantitative estimate of drug-likeness (QED) is 0.180. The lowest BCUT2D eigenvalue weighted by Crippen LogP contribution is -2.61. The van der Waals surface area contributed by atoms with E-state index in [2.05, 4.69) is 0 Å². The molecule has 2 aliphatic rings. The van der Waals surface area contributed by atoms with E-state index in [0.29, 0.717) is 0 Å². The number of benzene rings is 2. The molecule has 3 heterocycles. The molecule has 41 heavy (non-hydrogen) atoms. The SMILES string of the molecule is C[C@@H]1O[C@@H](O[C@H]2[C@H](O)[C@H](O)[C@H](C)O[C@@H]2c2c(O)cc3oc(-c4ccc(O)c(O)c4)cc(=O)c3c2O)[C@H](O)[C@H](O)[C@H]1O. The molecule has 0 radical (unpaired) electrons. The average Bonchev–Trinajstić information content (AvgIpc) is 2.92. The summed E-state index contributed by atoms with van der Waals surface area (Å²) in [5, 5.41) is 93.2. The lowest BCUT2D eigenvalue weighted by atomic mass is 9.89. The number of phenolic OH excluding ortho intramolecular Hbond substituents is 4. The molecular formula is C27H30O14. The molecule has 0 unspecified atom stereocenters. The standard InChI is InChI=1S/C27H30O14/c1-8-20(33)23(36)26(41-27-24(37)22(35)19(32)9(2)39-27)25(38-8)18-14(31)7-16-17(21(18)34)13(30)6-15(40-16)10-3-4-11(28)12(29)5-10/h3-9,19-20,22-29,31-37H,1-2H3/t8-,9-,19-,20+,22+,23+,24+,25+,26-,27-/m0/s1. The highest BCUT2D eigenvalue weighted by atomic mass is 16.7. The monoisotopic (exact) mass is 578 g/mol. The summed E-state index contributed by atoms with van der Waals surface area (Å²) >= 11 is 0. The van der Waals surface area contributed by atoms with Crippen molar-refractivity contribution in [1.82, 2.24) is 0 Å². The molecule has 5 rings (SSSR count). The molecule has 10 atom stereocenters. The zero-order valence-corrected chi connectivity index (χ0v) is 21.7. The minimum absolute atomic E-state index is 0.0510. The van der Waals surface area contributed by atoms with Gasteiger partial charge in [0.2, 0.25) is 0 Å². The predicted molar refractivity (Wildman–Crippen MR) is 137 cm³/mol. The number of phenols is 4. The minimum Gasteiger partial charge on any atom is -0.507 e. The second-order valence-electron chi connectivity index (χ2n) is 10.2. The van der Waals surface area contributed by atoms with Gasteiger partial charge in [0.1, 0.15) is 71.0 Å². The summed E-state index contributed by atoms with van der Waals surface area (Å²) in [5.74, 6) is -2.34. The van der Waals surface area contributed by atoms with E-state index in [9.17, 15) is 50.8 Å². The smallest absolute Gasteiger partial charge is 0.197 e. The summed E-state index contributed by atoms with van der Waals surface area (Å²) in [6, 6.07) is 5.75. The molecular weight excluding hydrogens is 548 g/mol. The lowest BCUT2D eigenvalue weighted by Gasteiger charge is -2.46. The van der Waals surface area contributed by atoms with Crippen LogP contribution in [-0.4, -0.2) is 101 Å². The van der Waals surface area contributed by atoms with Crippen LogP contribution in [0.1, 0.15) is 25.5 Å². The number of fused-ring (bicyclic) bond motifs is 1. The second-order valence-corrected chi connectivity index (χ2v) is 10.2. The molecule has 14 nitrogen and oxygen atoms in total. The molecule has 0 bridgehead atoms. The minimum atomic E-state index is -1.78. The van der Waals surface area contributed by atoms with Gasteiger partial charge in [-0.3, -0.25) is 4.79 Å². The number of aromatic hydroxyl groups is 4. The van der Waals surface area contributed by atoms with E-state index >= 15 is 0 Å². The number of aliphatic hydroxyl groups excluding tert-OH is 5. The van der Waals surface area contributed by atoms with Gasteiger partial charge in [-0.05, 0) is 32.0 Å². The molecule has 1 aromatic heterocycles. The van der Waals surface area contributed by atoms with Crippen LogP contribution in [0.3, 0.4) is 0 Å². The van der Waals surface area contributed by atoms with Crippen molar-refractivity contribution in [1.29, 1.82) is 0 Å². The molecule has 2 fully saturated rings. The van der Waals surface area contributed by atoms with E-state index in [0.717, 1.165) is 18.2 Å². The van der Waals surface area contributed by atoms with Gasteiger partial charge >= 0.3 is 0 Å². The van der Waals surface area contributed by atoms with Crippen molar-refractivity contribution in [2.75, 3.05) is 0 Å². The van der Waals surface area contributed by atoms with Gasteiger partial charge in [-0.15, -0.1) is 0 Å². The van der Waals surface area contributed by atoms with Gasteiger partial charge < -0.3 is 64.6 Å². The molecule has 0 saturated carbocycles. The highest BCUT2D eigenvalue weighted by Gasteiger charge is 2.50. The van der Waals surface area contributed by atoms with E-state index in [1.54, 1.807) is 0 Å². The summed E-state index contributed by atoms with van der Waals surface area (Å²) in [7, 11) is 0. The number of hydrogen-bond acceptors (Lipinski definition) is 14. The first-order valence-electron chi connectivity index (χ1n) is 12.7. The van der Waals surface area contributed by atoms with E-state index in [4.69, 9.17) is 18.6 Å². The van der Waals surface area contributed by atoms with E-state index in [1.165, 1.54) is 26.0 Å². The van der Waals surface area contributed by atoms with Crippen LogP contribution in [0.25, 0.3) is 22.3 Å². The van der Waals surface area contributed by atoms with Gasteiger partial charge in [-0.2, -0.15) is 0 Å². The lowest BCUT2D eigenvalue weighted by molar-refractivity contribution is -0.336. The van der Waals surface area contributed by atoms with E-state index in [-0.39, 0.29) is 22.3 Å². The Bertz CT molecular complexity index is 1500. The van der Waals surface area contributed by atoms with Crippen LogP contribution in [0.2, 0.25) is 0 Å². The molecule has 222 valence electrons. The predicted octanol–water partition coefficient (Wildman–Crippen LogP) is -0.323. The number of rotatable bonds is 4. The maximum atomic E-state index is 13.1. The molecule has 2 saturated heterocycles. The molecule has 9 N–H and O–H groups in total. The molecule has 2 aliphatic heterocycles. The molecule has 2 aromatic carbocycles. The van der Waals surface area contributed by atoms with Crippen LogP contribution in [0.5, 0.6) is 23.0 Å². The van der Waals surface area contributed by atoms with Crippen molar-refractivity contribution >= 4 is 11.0 Å². The fourth-order valence-electron chi connectivity index (χ4n) is 5.11. The van der Waals surface area contributed by atoms with Crippen LogP contribution in [0.4, 0.5) is 0 Å². The molecule has 0 amide bonds. The van der Waals surface area contributed by atoms with Gasteiger partial charge in [0, 0.05) is 17.7 Å². The largest absolute Gasteiger partial charge is 0.507 e. The molecule has 0 spiro atoms. The third kappa shape index (κ3) is 4.98. The van der Waals surface area contributed by atoms with Gasteiger partial charge in [0.25, 0.3) is 0 Å². The number of ether oxygens (including phenoxy) is 3. The zero-order valence-electron chi connectivity index (χ0n) is 21.7. The Morgan fingerprint density at radius 3 is 2.07 bits per heavy atom. The molecule has 0 aliphatic carbocycles. The van der Waals surface area contributed by atoms with Crippen LogP contribution in [0.15, 0.2) is 39.5 Å². The number of hydrogen-bond donors (Lipinski definition) is 9. The summed E-state index contributed by atoms with van der Waals surface area (Å²) in [6.45, 7) is 2.82. The van der Waals surface area contributed by atoms with Crippen molar-refractivity contribution in [3.8, 4) is 34.3 Å². The van der Waals surface area contributed by atoms with Crippen molar-refractivity contribution in [3.05, 3.63) is 46.1 Å². The van der Waals surface area contributed by atoms with Crippen LogP contribution < -0.4 is 5.43 Å². The average molecular weight is 579 g/mol. The first-order valence-corrected chi connectivity index (χ1v) is 12.7. The van der Waals surface area contributed by atoms with Crippen molar-refractivity contribution < 1.29 is 64.6 Å².